The smallest absolute Gasteiger partial charge is 0.261 e. The molecule has 1 unspecified atom stereocenters. The van der Waals surface area contributed by atoms with E-state index in [2.05, 4.69) is 10.0 Å². The molecule has 0 spiro atoms. The van der Waals surface area contributed by atoms with Crippen LogP contribution in [0.2, 0.25) is 0 Å². The van der Waals surface area contributed by atoms with Gasteiger partial charge in [0, 0.05) is 19.1 Å². The van der Waals surface area contributed by atoms with Crippen molar-refractivity contribution < 1.29 is 18.0 Å². The van der Waals surface area contributed by atoms with Crippen molar-refractivity contribution in [1.29, 1.82) is 0 Å². The number of benzene rings is 1. The Balaban J connectivity index is 0.00000225. The van der Waals surface area contributed by atoms with E-state index in [1.54, 1.807) is 24.3 Å². The lowest BCUT2D eigenvalue weighted by molar-refractivity contribution is 0.0654. The van der Waals surface area contributed by atoms with E-state index in [1.165, 1.54) is 0 Å². The number of carbonyl (C=O) groups is 2. The van der Waals surface area contributed by atoms with Crippen LogP contribution in [-0.2, 0) is 10.0 Å². The van der Waals surface area contributed by atoms with Crippen LogP contribution in [-0.4, -0.2) is 56.6 Å². The van der Waals surface area contributed by atoms with Gasteiger partial charge in [-0.05, 0) is 37.9 Å². The van der Waals surface area contributed by atoms with Gasteiger partial charge in [-0.15, -0.1) is 12.4 Å². The molecule has 1 aromatic rings. The minimum absolute atomic E-state index is 0. The van der Waals surface area contributed by atoms with E-state index >= 15 is 0 Å². The third kappa shape index (κ3) is 4.58. The molecule has 1 atom stereocenters. The fraction of sp³-hybridized carbons (Fsp3) is 0.500. The van der Waals surface area contributed by atoms with Gasteiger partial charge in [0.05, 0.1) is 16.9 Å². The van der Waals surface area contributed by atoms with Gasteiger partial charge in [0.2, 0.25) is 10.0 Å². The van der Waals surface area contributed by atoms with Gasteiger partial charge in [0.25, 0.3) is 11.8 Å². The van der Waals surface area contributed by atoms with Crippen molar-refractivity contribution in [3.05, 3.63) is 35.4 Å². The molecule has 2 amide bonds. The lowest BCUT2D eigenvalue weighted by Crippen LogP contribution is -2.46. The molecule has 138 valence electrons. The molecule has 0 radical (unpaired) electrons. The molecular weight excluding hydrogens is 366 g/mol. The molecule has 0 bridgehead atoms. The van der Waals surface area contributed by atoms with Crippen LogP contribution in [0.15, 0.2) is 24.3 Å². The number of nitrogens with zero attached hydrogens (tertiary/aromatic N) is 1. The highest BCUT2D eigenvalue weighted by atomic mass is 35.5. The number of hydrogen-bond donors (Lipinski definition) is 2. The predicted molar refractivity (Wildman–Crippen MR) is 96.5 cm³/mol. The summed E-state index contributed by atoms with van der Waals surface area (Å²) in [4.78, 5) is 25.5. The molecular formula is C16H22ClN3O4S. The second-order valence-corrected chi connectivity index (χ2v) is 8.01. The third-order valence-electron chi connectivity index (χ3n) is 4.32. The summed E-state index contributed by atoms with van der Waals surface area (Å²) in [6, 6.07) is 6.57. The SMILES string of the molecule is Cl.O=C1c2ccccc2C(=O)N1CCCS(=O)(=O)NC1CCCNC1. The molecule has 0 saturated carbocycles. The largest absolute Gasteiger partial charge is 0.315 e. The van der Waals surface area contributed by atoms with Crippen molar-refractivity contribution >= 4 is 34.2 Å². The minimum Gasteiger partial charge on any atom is -0.315 e. The lowest BCUT2D eigenvalue weighted by Gasteiger charge is -2.23. The number of piperidine rings is 1. The molecule has 2 aliphatic rings. The van der Waals surface area contributed by atoms with E-state index in [4.69, 9.17) is 0 Å². The van der Waals surface area contributed by atoms with Crippen LogP contribution in [0.4, 0.5) is 0 Å². The van der Waals surface area contributed by atoms with Gasteiger partial charge in [-0.1, -0.05) is 12.1 Å². The molecule has 2 aliphatic heterocycles. The summed E-state index contributed by atoms with van der Waals surface area (Å²) >= 11 is 0. The first-order valence-electron chi connectivity index (χ1n) is 8.14. The number of amides is 2. The topological polar surface area (TPSA) is 95.6 Å². The Kier molecular flexibility index (Phi) is 6.56. The molecule has 25 heavy (non-hydrogen) atoms. The zero-order valence-corrected chi connectivity index (χ0v) is 15.4. The summed E-state index contributed by atoms with van der Waals surface area (Å²) in [7, 11) is -3.41. The summed E-state index contributed by atoms with van der Waals surface area (Å²) in [6.45, 7) is 1.66. The number of fused-ring (bicyclic) bond motifs is 1. The predicted octanol–water partition coefficient (Wildman–Crippen LogP) is 0.766. The van der Waals surface area contributed by atoms with Gasteiger partial charge in [-0.25, -0.2) is 13.1 Å². The molecule has 1 saturated heterocycles. The number of carbonyl (C=O) groups excluding carboxylic acids is 2. The number of rotatable bonds is 6. The van der Waals surface area contributed by atoms with Crippen molar-refractivity contribution in [1.82, 2.24) is 14.9 Å². The van der Waals surface area contributed by atoms with Gasteiger partial charge in [-0.2, -0.15) is 0 Å². The highest BCUT2D eigenvalue weighted by Crippen LogP contribution is 2.22. The number of imide groups is 1. The molecule has 1 fully saturated rings. The fourth-order valence-electron chi connectivity index (χ4n) is 3.12. The monoisotopic (exact) mass is 387 g/mol. The van der Waals surface area contributed by atoms with Gasteiger partial charge >= 0.3 is 0 Å². The van der Waals surface area contributed by atoms with E-state index < -0.39 is 10.0 Å². The Labute approximate surface area is 153 Å². The summed E-state index contributed by atoms with van der Waals surface area (Å²) < 4.78 is 26.9. The number of hydrogen-bond acceptors (Lipinski definition) is 5. The molecule has 0 aliphatic carbocycles. The maximum atomic E-state index is 12.2. The summed E-state index contributed by atoms with van der Waals surface area (Å²) in [5, 5.41) is 3.16. The Hall–Kier alpha value is -1.48. The van der Waals surface area contributed by atoms with Crippen molar-refractivity contribution in [2.45, 2.75) is 25.3 Å². The van der Waals surface area contributed by atoms with E-state index in [0.29, 0.717) is 17.7 Å². The molecule has 9 heteroatoms. The standard InChI is InChI=1S/C16H21N3O4S.ClH/c20-15-13-6-1-2-7-14(13)16(21)19(15)9-4-10-24(22,23)18-12-5-3-8-17-11-12;/h1-2,6-7,12,17-18H,3-5,8-11H2;1H. The number of halogens is 1. The van der Waals surface area contributed by atoms with Gasteiger partial charge in [0.15, 0.2) is 0 Å². The first kappa shape index (κ1) is 19.8. The van der Waals surface area contributed by atoms with Crippen LogP contribution < -0.4 is 10.0 Å². The first-order chi connectivity index (χ1) is 11.5. The van der Waals surface area contributed by atoms with Crippen LogP contribution in [0.5, 0.6) is 0 Å². The lowest BCUT2D eigenvalue weighted by atomic mass is 10.1. The molecule has 7 nitrogen and oxygen atoms in total. The average Bonchev–Trinajstić information content (AvgIpc) is 2.81. The Bertz CT molecular complexity index is 713. The molecule has 0 aromatic heterocycles. The normalized spacial score (nSPS) is 20.3. The Morgan fingerprint density at radius 2 is 1.80 bits per heavy atom. The van der Waals surface area contributed by atoms with Crippen molar-refractivity contribution in [2.24, 2.45) is 0 Å². The quantitative estimate of drug-likeness (QED) is 0.703. The van der Waals surface area contributed by atoms with Crippen LogP contribution in [0, 0.1) is 0 Å². The second kappa shape index (κ2) is 8.27. The van der Waals surface area contributed by atoms with Gasteiger partial charge in [-0.3, -0.25) is 14.5 Å². The zero-order chi connectivity index (χ0) is 17.2. The van der Waals surface area contributed by atoms with Crippen LogP contribution in [0.3, 0.4) is 0 Å². The third-order valence-corrected chi connectivity index (χ3v) is 5.83. The number of sulfonamides is 1. The molecule has 2 N–H and O–H groups in total. The van der Waals surface area contributed by atoms with E-state index in [0.717, 1.165) is 24.3 Å². The Morgan fingerprint density at radius 1 is 1.16 bits per heavy atom. The highest BCUT2D eigenvalue weighted by molar-refractivity contribution is 7.89. The summed E-state index contributed by atoms with van der Waals surface area (Å²) in [6.07, 6.45) is 1.99. The number of nitrogens with one attached hydrogen (secondary N) is 2. The Morgan fingerprint density at radius 3 is 2.36 bits per heavy atom. The fourth-order valence-corrected chi connectivity index (χ4v) is 4.46. The zero-order valence-electron chi connectivity index (χ0n) is 13.7. The summed E-state index contributed by atoms with van der Waals surface area (Å²) in [5.41, 5.74) is 0.772. The van der Waals surface area contributed by atoms with Crippen LogP contribution >= 0.6 is 12.4 Å². The minimum atomic E-state index is -3.41. The highest BCUT2D eigenvalue weighted by Gasteiger charge is 2.34. The van der Waals surface area contributed by atoms with E-state index in [-0.39, 0.29) is 49.0 Å². The molecule has 1 aromatic carbocycles. The van der Waals surface area contributed by atoms with E-state index in [1.807, 2.05) is 0 Å². The second-order valence-electron chi connectivity index (χ2n) is 6.14. The summed E-state index contributed by atoms with van der Waals surface area (Å²) in [5.74, 6) is -0.799. The van der Waals surface area contributed by atoms with Crippen molar-refractivity contribution in [2.75, 3.05) is 25.4 Å². The van der Waals surface area contributed by atoms with Crippen LogP contribution in [0.1, 0.15) is 40.0 Å². The molecule has 3 rings (SSSR count). The van der Waals surface area contributed by atoms with E-state index in [9.17, 15) is 18.0 Å². The maximum absolute atomic E-state index is 12.2. The van der Waals surface area contributed by atoms with Crippen molar-refractivity contribution in [3.8, 4) is 0 Å². The van der Waals surface area contributed by atoms with Crippen molar-refractivity contribution in [3.63, 3.8) is 0 Å². The average molecular weight is 388 g/mol. The van der Waals surface area contributed by atoms with Gasteiger partial charge in [0.1, 0.15) is 0 Å². The first-order valence-corrected chi connectivity index (χ1v) is 9.79. The van der Waals surface area contributed by atoms with Crippen LogP contribution in [0.25, 0.3) is 0 Å². The maximum Gasteiger partial charge on any atom is 0.261 e. The van der Waals surface area contributed by atoms with Gasteiger partial charge < -0.3 is 5.32 Å². The molecule has 2 heterocycles.